The number of amides is 1. The zero-order valence-electron chi connectivity index (χ0n) is 19.4. The Balaban J connectivity index is 1.77. The number of hydrogen-bond acceptors (Lipinski definition) is 8. The molecule has 1 fully saturated rings. The van der Waals surface area contributed by atoms with Crippen molar-refractivity contribution >= 4 is 57.1 Å². The maximum absolute atomic E-state index is 13.4. The number of imidazole rings is 1. The van der Waals surface area contributed by atoms with E-state index in [4.69, 9.17) is 16.3 Å². The molecule has 1 atom stereocenters. The van der Waals surface area contributed by atoms with Gasteiger partial charge in [0.25, 0.3) is 5.78 Å². The number of hydrogen-bond donors (Lipinski definition) is 1. The molecule has 0 spiro atoms. The van der Waals surface area contributed by atoms with Gasteiger partial charge in [0.1, 0.15) is 16.2 Å². The number of methoxy groups -OCH3 is 1. The van der Waals surface area contributed by atoms with E-state index in [-0.39, 0.29) is 21.3 Å². The quantitative estimate of drug-likeness (QED) is 0.182. The van der Waals surface area contributed by atoms with E-state index in [0.29, 0.717) is 33.3 Å². The van der Waals surface area contributed by atoms with Gasteiger partial charge >= 0.3 is 11.9 Å². The van der Waals surface area contributed by atoms with Crippen LogP contribution in [-0.4, -0.2) is 44.2 Å². The lowest BCUT2D eigenvalue weighted by molar-refractivity contribution is -0.132. The zero-order chi connectivity index (χ0) is 25.7. The van der Waals surface area contributed by atoms with Crippen LogP contribution in [-0.2, 0) is 14.3 Å². The molecule has 9 nitrogen and oxygen atoms in total. The predicted octanol–water partition coefficient (Wildman–Crippen LogP) is 4.47. The first kappa shape index (κ1) is 23.7. The number of Topliss-reactive ketones (excluding diaryl/α,β-unsaturated/α-hetero) is 1. The van der Waals surface area contributed by atoms with E-state index in [2.05, 4.69) is 9.97 Å². The Labute approximate surface area is 214 Å². The minimum Gasteiger partial charge on any atom is -0.505 e. The Hall–Kier alpha value is -4.02. The number of ketones is 1. The Bertz CT molecular complexity index is 1600. The third kappa shape index (κ3) is 3.66. The number of pyridine rings is 1. The fraction of sp³-hybridized carbons (Fsp3) is 0.160. The van der Waals surface area contributed by atoms with Gasteiger partial charge in [-0.1, -0.05) is 41.1 Å². The fourth-order valence-corrected chi connectivity index (χ4v) is 5.53. The van der Waals surface area contributed by atoms with Gasteiger partial charge in [0.2, 0.25) is 0 Å². The van der Waals surface area contributed by atoms with Crippen molar-refractivity contribution in [3.8, 4) is 0 Å². The van der Waals surface area contributed by atoms with Gasteiger partial charge in [0.15, 0.2) is 10.9 Å². The molecule has 11 heteroatoms. The first-order chi connectivity index (χ1) is 17.2. The van der Waals surface area contributed by atoms with E-state index in [1.54, 1.807) is 66.9 Å². The summed E-state index contributed by atoms with van der Waals surface area (Å²) in [4.78, 5) is 49.3. The lowest BCUT2D eigenvalue weighted by atomic mass is 9.96. The van der Waals surface area contributed by atoms with Crippen LogP contribution in [0.25, 0.3) is 11.4 Å². The topological polar surface area (TPSA) is 114 Å². The molecule has 36 heavy (non-hydrogen) atoms. The highest BCUT2D eigenvalue weighted by molar-refractivity contribution is 7.17. The number of fused-ring (bicyclic) bond motifs is 1. The maximum atomic E-state index is 13.4. The van der Waals surface area contributed by atoms with Gasteiger partial charge in [-0.2, -0.15) is 0 Å². The third-order valence-electron chi connectivity index (χ3n) is 5.90. The monoisotopic (exact) mass is 522 g/mol. The Morgan fingerprint density at radius 2 is 1.89 bits per heavy atom. The van der Waals surface area contributed by atoms with Crippen molar-refractivity contribution < 1.29 is 24.2 Å². The van der Waals surface area contributed by atoms with Crippen molar-refractivity contribution in [2.24, 2.45) is 0 Å². The van der Waals surface area contributed by atoms with Crippen molar-refractivity contribution in [1.29, 1.82) is 0 Å². The summed E-state index contributed by atoms with van der Waals surface area (Å²) in [6.45, 7) is 3.32. The minimum absolute atomic E-state index is 0.119. The molecule has 4 aromatic rings. The van der Waals surface area contributed by atoms with Crippen LogP contribution in [0, 0.1) is 13.8 Å². The van der Waals surface area contributed by atoms with E-state index in [0.717, 1.165) is 11.3 Å². The number of aromatic nitrogens is 3. The van der Waals surface area contributed by atoms with E-state index >= 15 is 0 Å². The number of halogens is 1. The number of ether oxygens (including phenoxy) is 1. The van der Waals surface area contributed by atoms with E-state index in [9.17, 15) is 19.5 Å². The number of aryl methyl sites for hydroxylation is 2. The van der Waals surface area contributed by atoms with Gasteiger partial charge in [0, 0.05) is 11.2 Å². The lowest BCUT2D eigenvalue weighted by Crippen LogP contribution is -2.29. The number of nitrogens with zero attached hydrogens (tertiary/aromatic N) is 4. The molecule has 1 aliphatic heterocycles. The van der Waals surface area contributed by atoms with Crippen molar-refractivity contribution in [2.45, 2.75) is 19.9 Å². The molecule has 0 saturated carbocycles. The molecule has 1 N–H and O–H groups in total. The summed E-state index contributed by atoms with van der Waals surface area (Å²) in [7, 11) is 1.25. The van der Waals surface area contributed by atoms with E-state index < -0.39 is 23.7 Å². The molecule has 182 valence electrons. The summed E-state index contributed by atoms with van der Waals surface area (Å²) in [5.41, 5.74) is 2.05. The summed E-state index contributed by atoms with van der Waals surface area (Å²) in [6, 6.07) is 11.0. The highest BCUT2D eigenvalue weighted by Gasteiger charge is 2.49. The number of carbonyl (C=O) groups excluding carboxylic acids is 3. The van der Waals surface area contributed by atoms with E-state index in [1.807, 2.05) is 0 Å². The standard InChI is InChI=1S/C25H19ClN4O5S/c1-12-18(29-10-5-4-9-16(29)27-12)20(31)17-19(14-7-6-8-15(26)11-14)30(23(33)21(17)32)25-28-13(2)22(36-25)24(34)35-3/h4-11,19,31H,1-3H3. The number of benzene rings is 1. The van der Waals surface area contributed by atoms with E-state index in [1.165, 1.54) is 12.0 Å². The normalized spacial score (nSPS) is 17.2. The van der Waals surface area contributed by atoms with Gasteiger partial charge < -0.3 is 9.84 Å². The van der Waals surface area contributed by atoms with Gasteiger partial charge in [0.05, 0.1) is 30.1 Å². The Morgan fingerprint density at radius 3 is 2.61 bits per heavy atom. The van der Waals surface area contributed by atoms with Crippen LogP contribution >= 0.6 is 22.9 Å². The second-order valence-electron chi connectivity index (χ2n) is 8.10. The second kappa shape index (κ2) is 8.89. The molecule has 4 heterocycles. The predicted molar refractivity (Wildman–Crippen MR) is 134 cm³/mol. The molecule has 1 saturated heterocycles. The number of aliphatic hydroxyl groups is 1. The van der Waals surface area contributed by atoms with Crippen molar-refractivity contribution in [2.75, 3.05) is 12.0 Å². The maximum Gasteiger partial charge on any atom is 0.350 e. The summed E-state index contributed by atoms with van der Waals surface area (Å²) in [6.07, 6.45) is 1.71. The highest BCUT2D eigenvalue weighted by atomic mass is 35.5. The summed E-state index contributed by atoms with van der Waals surface area (Å²) >= 11 is 7.18. The summed E-state index contributed by atoms with van der Waals surface area (Å²) in [5, 5.41) is 12.0. The fourth-order valence-electron chi connectivity index (χ4n) is 4.32. The molecule has 0 aliphatic carbocycles. The van der Waals surface area contributed by atoms with Crippen LogP contribution in [0.15, 0.2) is 54.2 Å². The average molecular weight is 523 g/mol. The highest BCUT2D eigenvalue weighted by Crippen LogP contribution is 2.44. The van der Waals surface area contributed by atoms with Gasteiger partial charge in [-0.15, -0.1) is 0 Å². The number of anilines is 1. The Kier molecular flexibility index (Phi) is 5.85. The van der Waals surface area contributed by atoms with Gasteiger partial charge in [-0.3, -0.25) is 18.9 Å². The number of rotatable bonds is 4. The molecule has 0 bridgehead atoms. The number of aliphatic hydroxyl groups excluding tert-OH is 1. The van der Waals surface area contributed by atoms with Crippen molar-refractivity contribution in [3.63, 3.8) is 0 Å². The van der Waals surface area contributed by atoms with Gasteiger partial charge in [-0.25, -0.2) is 14.8 Å². The SMILES string of the molecule is COC(=O)c1sc(N2C(=O)C(=O)C(=C(O)c3c(C)nc4ccccn34)C2c2cccc(Cl)c2)nc1C. The summed E-state index contributed by atoms with van der Waals surface area (Å²) < 4.78 is 6.46. The zero-order valence-corrected chi connectivity index (χ0v) is 20.9. The molecular formula is C25H19ClN4O5S. The van der Waals surface area contributed by atoms with Gasteiger partial charge in [-0.05, 0) is 43.7 Å². The van der Waals surface area contributed by atoms with Crippen LogP contribution in [0.5, 0.6) is 0 Å². The first-order valence-electron chi connectivity index (χ1n) is 10.8. The smallest absolute Gasteiger partial charge is 0.350 e. The molecule has 1 aromatic carbocycles. The Morgan fingerprint density at radius 1 is 1.11 bits per heavy atom. The molecule has 1 amide bonds. The van der Waals surface area contributed by atoms with Crippen LogP contribution in [0.2, 0.25) is 5.02 Å². The molecule has 0 radical (unpaired) electrons. The third-order valence-corrected chi connectivity index (χ3v) is 7.27. The summed E-state index contributed by atoms with van der Waals surface area (Å²) in [5.74, 6) is -2.76. The largest absolute Gasteiger partial charge is 0.505 e. The lowest BCUT2D eigenvalue weighted by Gasteiger charge is -2.23. The molecule has 5 rings (SSSR count). The number of thiazole rings is 1. The number of carbonyl (C=O) groups is 3. The van der Waals surface area contributed by atoms with Crippen LogP contribution in [0.1, 0.15) is 38.4 Å². The van der Waals surface area contributed by atoms with Crippen LogP contribution < -0.4 is 4.90 Å². The molecule has 3 aromatic heterocycles. The van der Waals surface area contributed by atoms with Crippen molar-refractivity contribution in [3.05, 3.63) is 86.8 Å². The second-order valence-corrected chi connectivity index (χ2v) is 9.52. The molecule has 1 aliphatic rings. The number of esters is 1. The first-order valence-corrected chi connectivity index (χ1v) is 12.0. The molecule has 1 unspecified atom stereocenters. The average Bonchev–Trinajstić information content (AvgIpc) is 3.48. The van der Waals surface area contributed by atoms with Crippen molar-refractivity contribution in [1.82, 2.24) is 14.4 Å². The minimum atomic E-state index is -1.05. The van der Waals surface area contributed by atoms with Crippen LogP contribution in [0.4, 0.5) is 5.13 Å². The van der Waals surface area contributed by atoms with Crippen LogP contribution in [0.3, 0.4) is 0 Å². The molecular weight excluding hydrogens is 504 g/mol.